The Bertz CT molecular complexity index is 748. The average molecular weight is 313 g/mol. The van der Waals surface area contributed by atoms with Gasteiger partial charge in [0.25, 0.3) is 0 Å². The third-order valence-electron chi connectivity index (χ3n) is 2.57. The third-order valence-corrected chi connectivity index (χ3v) is 3.44. The van der Waals surface area contributed by atoms with Gasteiger partial charge in [0.05, 0.1) is 5.75 Å². The Labute approximate surface area is 130 Å². The van der Waals surface area contributed by atoms with E-state index in [0.29, 0.717) is 11.0 Å². The van der Waals surface area contributed by atoms with Gasteiger partial charge in [-0.15, -0.1) is 5.10 Å². The number of thioether (sulfide) groups is 1. The fraction of sp³-hybridized carbons (Fsp3) is 0.0714. The summed E-state index contributed by atoms with van der Waals surface area (Å²) in [6, 6.07) is 11.1. The molecule has 22 heavy (non-hydrogen) atoms. The molecule has 110 valence electrons. The van der Waals surface area contributed by atoms with Gasteiger partial charge in [0.2, 0.25) is 11.8 Å². The molecule has 1 aromatic carbocycles. The number of aromatic nitrogens is 4. The third kappa shape index (κ3) is 3.67. The van der Waals surface area contributed by atoms with E-state index in [-0.39, 0.29) is 17.7 Å². The highest BCUT2D eigenvalue weighted by atomic mass is 32.2. The number of nitrogens with zero attached hydrogens (tertiary/aromatic N) is 4. The molecular formula is C14H11N5O2S. The zero-order valence-corrected chi connectivity index (χ0v) is 12.2. The summed E-state index contributed by atoms with van der Waals surface area (Å²) in [5.41, 5.74) is 0.794. The first kappa shape index (κ1) is 14.2. The maximum atomic E-state index is 11.8. The summed E-state index contributed by atoms with van der Waals surface area (Å²) in [6.07, 6.45) is 3.24. The lowest BCUT2D eigenvalue weighted by atomic mass is 10.2. The number of rotatable bonds is 5. The Hall–Kier alpha value is -2.74. The molecule has 8 heteroatoms. The van der Waals surface area contributed by atoms with Crippen molar-refractivity contribution >= 4 is 23.7 Å². The summed E-state index contributed by atoms with van der Waals surface area (Å²) in [6.45, 7) is 0. The van der Waals surface area contributed by atoms with Crippen LogP contribution in [0.2, 0.25) is 0 Å². The van der Waals surface area contributed by atoms with E-state index in [0.717, 1.165) is 5.56 Å². The van der Waals surface area contributed by atoms with Crippen molar-refractivity contribution in [2.45, 2.75) is 5.16 Å². The summed E-state index contributed by atoms with van der Waals surface area (Å²) < 4.78 is 5.40. The molecule has 1 N–H and O–H groups in total. The molecule has 0 atom stereocenters. The predicted octanol–water partition coefficient (Wildman–Crippen LogP) is 2.26. The minimum atomic E-state index is -0.263. The maximum Gasteiger partial charge on any atom is 0.322 e. The number of hydrogen-bond donors (Lipinski definition) is 1. The second-order valence-corrected chi connectivity index (χ2v) is 5.09. The number of carbonyl (C=O) groups excluding carboxylic acids is 1. The Morgan fingerprint density at radius 3 is 2.64 bits per heavy atom. The van der Waals surface area contributed by atoms with Crippen LogP contribution in [0.5, 0.6) is 0 Å². The molecule has 0 bridgehead atoms. The quantitative estimate of drug-likeness (QED) is 0.570. The lowest BCUT2D eigenvalue weighted by molar-refractivity contribution is -0.113. The van der Waals surface area contributed by atoms with E-state index < -0.39 is 0 Å². The first-order valence-electron chi connectivity index (χ1n) is 6.40. The van der Waals surface area contributed by atoms with Gasteiger partial charge >= 0.3 is 6.01 Å². The SMILES string of the molecule is O=C(CSc1ncccn1)Nc1nnc(-c2ccccc2)o1. The number of benzene rings is 1. The van der Waals surface area contributed by atoms with Crippen molar-refractivity contribution < 1.29 is 9.21 Å². The Morgan fingerprint density at radius 1 is 1.09 bits per heavy atom. The minimum Gasteiger partial charge on any atom is -0.403 e. The summed E-state index contributed by atoms with van der Waals surface area (Å²) in [5, 5.41) is 10.8. The van der Waals surface area contributed by atoms with Crippen molar-refractivity contribution in [3.63, 3.8) is 0 Å². The molecule has 0 fully saturated rings. The van der Waals surface area contributed by atoms with E-state index in [2.05, 4.69) is 25.5 Å². The molecule has 3 aromatic rings. The van der Waals surface area contributed by atoms with Crippen molar-refractivity contribution in [3.05, 3.63) is 48.8 Å². The van der Waals surface area contributed by atoms with Gasteiger partial charge in [-0.25, -0.2) is 9.97 Å². The monoisotopic (exact) mass is 313 g/mol. The fourth-order valence-corrected chi connectivity index (χ4v) is 2.22. The summed E-state index contributed by atoms with van der Waals surface area (Å²) >= 11 is 1.23. The second kappa shape index (κ2) is 6.81. The lowest BCUT2D eigenvalue weighted by Gasteiger charge is -1.99. The van der Waals surface area contributed by atoms with Crippen molar-refractivity contribution in [1.29, 1.82) is 0 Å². The fourth-order valence-electron chi connectivity index (χ4n) is 1.62. The van der Waals surface area contributed by atoms with Gasteiger partial charge in [-0.3, -0.25) is 10.1 Å². The minimum absolute atomic E-state index is 0.0680. The number of hydrogen-bond acceptors (Lipinski definition) is 7. The van der Waals surface area contributed by atoms with Gasteiger partial charge in [-0.2, -0.15) is 0 Å². The number of anilines is 1. The Balaban J connectivity index is 1.57. The van der Waals surface area contributed by atoms with E-state index in [1.165, 1.54) is 11.8 Å². The van der Waals surface area contributed by atoms with Crippen molar-refractivity contribution in [1.82, 2.24) is 20.2 Å². The molecular weight excluding hydrogens is 302 g/mol. The molecule has 0 aliphatic rings. The van der Waals surface area contributed by atoms with Gasteiger partial charge in [0.15, 0.2) is 5.16 Å². The van der Waals surface area contributed by atoms with Gasteiger partial charge < -0.3 is 4.42 Å². The molecule has 2 aromatic heterocycles. The summed E-state index contributed by atoms with van der Waals surface area (Å²) in [4.78, 5) is 19.9. The van der Waals surface area contributed by atoms with Crippen LogP contribution in [0.4, 0.5) is 6.01 Å². The lowest BCUT2D eigenvalue weighted by Crippen LogP contribution is -2.14. The van der Waals surface area contributed by atoms with Gasteiger partial charge in [0, 0.05) is 18.0 Å². The molecule has 1 amide bonds. The smallest absolute Gasteiger partial charge is 0.322 e. The first-order chi connectivity index (χ1) is 10.8. The number of amides is 1. The van der Waals surface area contributed by atoms with Gasteiger partial charge in [-0.05, 0) is 18.2 Å². The largest absolute Gasteiger partial charge is 0.403 e. The molecule has 0 aliphatic carbocycles. The molecule has 2 heterocycles. The zero-order chi connectivity index (χ0) is 15.2. The average Bonchev–Trinajstić information content (AvgIpc) is 3.03. The van der Waals surface area contributed by atoms with E-state index in [4.69, 9.17) is 4.42 Å². The van der Waals surface area contributed by atoms with Crippen LogP contribution < -0.4 is 5.32 Å². The van der Waals surface area contributed by atoms with Crippen molar-refractivity contribution in [2.75, 3.05) is 11.1 Å². The van der Waals surface area contributed by atoms with Crippen LogP contribution in [0.15, 0.2) is 58.4 Å². The molecule has 7 nitrogen and oxygen atoms in total. The van der Waals surface area contributed by atoms with Gasteiger partial charge in [-0.1, -0.05) is 35.1 Å². The standard InChI is InChI=1S/C14H11N5O2S/c20-11(9-22-14-15-7-4-8-16-14)17-13-19-18-12(21-13)10-5-2-1-3-6-10/h1-8H,9H2,(H,17,19,20). The molecule has 0 radical (unpaired) electrons. The second-order valence-electron chi connectivity index (χ2n) is 4.15. The molecule has 0 saturated carbocycles. The van der Waals surface area contributed by atoms with Crippen LogP contribution in [-0.4, -0.2) is 31.8 Å². The highest BCUT2D eigenvalue weighted by Gasteiger charge is 2.11. The van der Waals surface area contributed by atoms with E-state index >= 15 is 0 Å². The Morgan fingerprint density at radius 2 is 1.86 bits per heavy atom. The van der Waals surface area contributed by atoms with E-state index in [9.17, 15) is 4.79 Å². The van der Waals surface area contributed by atoms with Crippen molar-refractivity contribution in [2.24, 2.45) is 0 Å². The van der Waals surface area contributed by atoms with Crippen LogP contribution in [0, 0.1) is 0 Å². The Kier molecular flexibility index (Phi) is 4.40. The van der Waals surface area contributed by atoms with Crippen LogP contribution in [-0.2, 0) is 4.79 Å². The van der Waals surface area contributed by atoms with Crippen LogP contribution >= 0.6 is 11.8 Å². The van der Waals surface area contributed by atoms with Crippen LogP contribution in [0.25, 0.3) is 11.5 Å². The molecule has 3 rings (SSSR count). The van der Waals surface area contributed by atoms with Gasteiger partial charge in [0.1, 0.15) is 0 Å². The van der Waals surface area contributed by atoms with Crippen molar-refractivity contribution in [3.8, 4) is 11.5 Å². The normalized spacial score (nSPS) is 10.4. The maximum absolute atomic E-state index is 11.8. The van der Waals surface area contributed by atoms with E-state index in [1.54, 1.807) is 18.5 Å². The number of nitrogens with one attached hydrogen (secondary N) is 1. The highest BCUT2D eigenvalue weighted by Crippen LogP contribution is 2.19. The predicted molar refractivity (Wildman–Crippen MR) is 81.1 cm³/mol. The highest BCUT2D eigenvalue weighted by molar-refractivity contribution is 7.99. The molecule has 0 unspecified atom stereocenters. The zero-order valence-electron chi connectivity index (χ0n) is 11.3. The molecule has 0 saturated heterocycles. The van der Waals surface area contributed by atoms with Crippen LogP contribution in [0.3, 0.4) is 0 Å². The summed E-state index contributed by atoms with van der Waals surface area (Å²) in [7, 11) is 0. The van der Waals surface area contributed by atoms with E-state index in [1.807, 2.05) is 30.3 Å². The van der Waals surface area contributed by atoms with Crippen LogP contribution in [0.1, 0.15) is 0 Å². The molecule has 0 spiro atoms. The number of carbonyl (C=O) groups is 1. The summed E-state index contributed by atoms with van der Waals surface area (Å²) in [5.74, 6) is 0.253. The topological polar surface area (TPSA) is 93.8 Å². The molecule has 0 aliphatic heterocycles. The first-order valence-corrected chi connectivity index (χ1v) is 7.38.